The number of thiophene rings is 1. The van der Waals surface area contributed by atoms with Gasteiger partial charge in [0, 0.05) is 4.47 Å². The average molecular weight is 271 g/mol. The van der Waals surface area contributed by atoms with Gasteiger partial charge in [-0.25, -0.2) is 0 Å². The Morgan fingerprint density at radius 1 is 1.57 bits per heavy atom. The summed E-state index contributed by atoms with van der Waals surface area (Å²) in [6.07, 6.45) is 0.808. The van der Waals surface area contributed by atoms with E-state index in [1.165, 1.54) is 0 Å². The highest BCUT2D eigenvalue weighted by atomic mass is 79.9. The van der Waals surface area contributed by atoms with Gasteiger partial charge in [0.2, 0.25) is 0 Å². The largest absolute Gasteiger partial charge is 0.494 e. The average Bonchev–Trinajstić information content (AvgIpc) is 2.62. The molecule has 0 aliphatic rings. The van der Waals surface area contributed by atoms with E-state index < -0.39 is 0 Å². The number of benzene rings is 1. The second kappa shape index (κ2) is 3.71. The van der Waals surface area contributed by atoms with Gasteiger partial charge < -0.3 is 4.74 Å². The molecule has 72 valence electrons. The van der Waals surface area contributed by atoms with Crippen molar-refractivity contribution in [1.82, 2.24) is 0 Å². The van der Waals surface area contributed by atoms with Crippen LogP contribution in [0.4, 0.5) is 0 Å². The quantitative estimate of drug-likeness (QED) is 0.781. The van der Waals surface area contributed by atoms with Crippen molar-refractivity contribution in [2.75, 3.05) is 7.11 Å². The molecule has 1 aromatic carbocycles. The summed E-state index contributed by atoms with van der Waals surface area (Å²) < 4.78 is 7.02. The number of hydrogen-bond acceptors (Lipinski definition) is 3. The summed E-state index contributed by atoms with van der Waals surface area (Å²) >= 11 is 4.92. The number of carbonyl (C=O) groups is 1. The maximum Gasteiger partial charge on any atom is 0.154 e. The van der Waals surface area contributed by atoms with Crippen molar-refractivity contribution in [2.24, 2.45) is 0 Å². The van der Waals surface area contributed by atoms with Gasteiger partial charge in [-0.3, -0.25) is 4.79 Å². The zero-order chi connectivity index (χ0) is 10.1. The zero-order valence-electron chi connectivity index (χ0n) is 7.41. The van der Waals surface area contributed by atoms with Crippen molar-refractivity contribution < 1.29 is 9.53 Å². The van der Waals surface area contributed by atoms with Gasteiger partial charge in [0.15, 0.2) is 6.29 Å². The third-order valence-electron chi connectivity index (χ3n) is 2.01. The van der Waals surface area contributed by atoms with E-state index in [9.17, 15) is 4.79 Å². The molecule has 0 spiro atoms. The highest BCUT2D eigenvalue weighted by Gasteiger charge is 2.12. The number of fused-ring (bicyclic) bond motifs is 1. The minimum atomic E-state index is 0.572. The maximum atomic E-state index is 10.9. The van der Waals surface area contributed by atoms with Gasteiger partial charge in [-0.05, 0) is 38.8 Å². The van der Waals surface area contributed by atoms with E-state index in [0.717, 1.165) is 20.8 Å². The Kier molecular flexibility index (Phi) is 2.56. The molecule has 0 radical (unpaired) electrons. The molecule has 0 fully saturated rings. The van der Waals surface area contributed by atoms with E-state index in [1.54, 1.807) is 18.4 Å². The predicted octanol–water partition coefficient (Wildman–Crippen LogP) is 3.48. The lowest BCUT2D eigenvalue weighted by atomic mass is 10.1. The predicted molar refractivity (Wildman–Crippen MR) is 61.5 cm³/mol. The van der Waals surface area contributed by atoms with Crippen molar-refractivity contribution in [1.29, 1.82) is 0 Å². The molecule has 0 unspecified atom stereocenters. The first-order chi connectivity index (χ1) is 6.77. The fourth-order valence-corrected chi connectivity index (χ4v) is 2.81. The van der Waals surface area contributed by atoms with E-state index in [2.05, 4.69) is 15.9 Å². The van der Waals surface area contributed by atoms with Crippen LogP contribution in [0.1, 0.15) is 10.4 Å². The Hall–Kier alpha value is -0.870. The summed E-state index contributed by atoms with van der Waals surface area (Å²) in [6, 6.07) is 3.93. The van der Waals surface area contributed by atoms with Crippen LogP contribution in [-0.4, -0.2) is 13.4 Å². The second-order valence-corrected chi connectivity index (χ2v) is 4.53. The van der Waals surface area contributed by atoms with Crippen LogP contribution >= 0.6 is 27.3 Å². The van der Waals surface area contributed by atoms with Gasteiger partial charge in [-0.1, -0.05) is 0 Å². The Labute approximate surface area is 93.6 Å². The van der Waals surface area contributed by atoms with Crippen molar-refractivity contribution in [3.8, 4) is 5.75 Å². The molecule has 0 saturated carbocycles. The molecule has 0 aliphatic carbocycles. The van der Waals surface area contributed by atoms with E-state index in [0.29, 0.717) is 11.3 Å². The SMILES string of the molecule is COc1c(C=O)c(Br)cc2ccsc12. The first kappa shape index (κ1) is 9.68. The molecule has 0 aliphatic heterocycles. The lowest BCUT2D eigenvalue weighted by Crippen LogP contribution is -1.91. The van der Waals surface area contributed by atoms with Gasteiger partial charge in [0.05, 0.1) is 17.4 Å². The maximum absolute atomic E-state index is 10.9. The number of carbonyl (C=O) groups excluding carboxylic acids is 1. The van der Waals surface area contributed by atoms with Gasteiger partial charge >= 0.3 is 0 Å². The van der Waals surface area contributed by atoms with Crippen LogP contribution in [0.3, 0.4) is 0 Å². The summed E-state index contributed by atoms with van der Waals surface area (Å²) in [5.41, 5.74) is 0.572. The third-order valence-corrected chi connectivity index (χ3v) is 3.59. The number of halogens is 1. The summed E-state index contributed by atoms with van der Waals surface area (Å²) in [4.78, 5) is 10.9. The lowest BCUT2D eigenvalue weighted by molar-refractivity contribution is 0.112. The Morgan fingerprint density at radius 3 is 3.00 bits per heavy atom. The number of rotatable bonds is 2. The highest BCUT2D eigenvalue weighted by molar-refractivity contribution is 9.10. The molecule has 4 heteroatoms. The Bertz CT molecular complexity index is 490. The van der Waals surface area contributed by atoms with E-state index in [4.69, 9.17) is 4.74 Å². The van der Waals surface area contributed by atoms with Crippen LogP contribution in [0.15, 0.2) is 22.0 Å². The normalized spacial score (nSPS) is 10.4. The van der Waals surface area contributed by atoms with Crippen molar-refractivity contribution >= 4 is 43.6 Å². The monoisotopic (exact) mass is 270 g/mol. The van der Waals surface area contributed by atoms with Crippen molar-refractivity contribution in [3.63, 3.8) is 0 Å². The van der Waals surface area contributed by atoms with Crippen LogP contribution in [0.2, 0.25) is 0 Å². The van der Waals surface area contributed by atoms with E-state index in [1.807, 2.05) is 17.5 Å². The van der Waals surface area contributed by atoms with Crippen LogP contribution in [0.5, 0.6) is 5.75 Å². The molecule has 2 rings (SSSR count). The van der Waals surface area contributed by atoms with Gasteiger partial charge in [0.25, 0.3) is 0 Å². The molecule has 0 saturated heterocycles. The minimum Gasteiger partial charge on any atom is -0.494 e. The topological polar surface area (TPSA) is 26.3 Å². The second-order valence-electron chi connectivity index (χ2n) is 2.76. The molecular formula is C10H7BrO2S. The van der Waals surface area contributed by atoms with Gasteiger partial charge in [0.1, 0.15) is 5.75 Å². The molecule has 0 atom stereocenters. The van der Waals surface area contributed by atoms with Crippen LogP contribution in [0, 0.1) is 0 Å². The summed E-state index contributed by atoms with van der Waals surface area (Å²) in [7, 11) is 1.58. The zero-order valence-corrected chi connectivity index (χ0v) is 9.81. The molecule has 14 heavy (non-hydrogen) atoms. The molecule has 0 amide bonds. The van der Waals surface area contributed by atoms with Crippen LogP contribution < -0.4 is 4.74 Å². The Morgan fingerprint density at radius 2 is 2.36 bits per heavy atom. The molecule has 1 heterocycles. The summed E-state index contributed by atoms with van der Waals surface area (Å²) in [5, 5.41) is 3.07. The molecule has 2 aromatic rings. The number of aldehydes is 1. The fourth-order valence-electron chi connectivity index (χ4n) is 1.37. The first-order valence-corrected chi connectivity index (χ1v) is 5.64. The molecule has 0 N–H and O–H groups in total. The van der Waals surface area contributed by atoms with E-state index in [-0.39, 0.29) is 0 Å². The van der Waals surface area contributed by atoms with Crippen LogP contribution in [-0.2, 0) is 0 Å². The smallest absolute Gasteiger partial charge is 0.154 e. The van der Waals surface area contributed by atoms with Gasteiger partial charge in [-0.2, -0.15) is 0 Å². The summed E-state index contributed by atoms with van der Waals surface area (Å²) in [6.45, 7) is 0. The summed E-state index contributed by atoms with van der Waals surface area (Å²) in [5.74, 6) is 0.652. The number of hydrogen-bond donors (Lipinski definition) is 0. The highest BCUT2D eigenvalue weighted by Crippen LogP contribution is 2.37. The number of methoxy groups -OCH3 is 1. The van der Waals surface area contributed by atoms with Crippen LogP contribution in [0.25, 0.3) is 10.1 Å². The van der Waals surface area contributed by atoms with Crippen molar-refractivity contribution in [3.05, 3.63) is 27.5 Å². The minimum absolute atomic E-state index is 0.572. The fraction of sp³-hybridized carbons (Fsp3) is 0.100. The van der Waals surface area contributed by atoms with Gasteiger partial charge in [-0.15, -0.1) is 11.3 Å². The molecule has 1 aromatic heterocycles. The third kappa shape index (κ3) is 1.35. The number of ether oxygens (including phenoxy) is 1. The van der Waals surface area contributed by atoms with E-state index >= 15 is 0 Å². The van der Waals surface area contributed by atoms with Crippen molar-refractivity contribution in [2.45, 2.75) is 0 Å². The molecule has 2 nitrogen and oxygen atoms in total. The standard InChI is InChI=1S/C10H7BrO2S/c1-13-9-7(5-12)8(11)4-6-2-3-14-10(6)9/h2-5H,1H3. The Balaban J connectivity index is 2.88. The molecular weight excluding hydrogens is 264 g/mol. The first-order valence-electron chi connectivity index (χ1n) is 3.96. The lowest BCUT2D eigenvalue weighted by Gasteiger charge is -2.06. The molecule has 0 bridgehead atoms.